The van der Waals surface area contributed by atoms with Crippen molar-refractivity contribution in [2.75, 3.05) is 19.6 Å². The Morgan fingerprint density at radius 2 is 2.33 bits per heavy atom. The Balaban J connectivity index is 1.72. The van der Waals surface area contributed by atoms with Crippen molar-refractivity contribution in [2.24, 2.45) is 5.92 Å². The van der Waals surface area contributed by atoms with E-state index in [0.29, 0.717) is 6.04 Å². The number of pyridine rings is 1. The maximum absolute atomic E-state index is 4.18. The number of aryl methyl sites for hydroxylation is 1. The number of rotatable bonds is 5. The molecule has 0 radical (unpaired) electrons. The summed E-state index contributed by atoms with van der Waals surface area (Å²) in [5, 5.41) is 3.58. The molecule has 1 N–H and O–H groups in total. The molecule has 1 atom stereocenters. The highest BCUT2D eigenvalue weighted by Gasteiger charge is 2.23. The van der Waals surface area contributed by atoms with E-state index in [0.717, 1.165) is 19.0 Å². The number of hydrogen-bond donors (Lipinski definition) is 1. The van der Waals surface area contributed by atoms with E-state index in [1.807, 2.05) is 12.4 Å². The molecule has 0 saturated carbocycles. The predicted molar refractivity (Wildman–Crippen MR) is 75.5 cm³/mol. The number of nitrogens with one attached hydrogen (secondary N) is 1. The Kier molecular flexibility index (Phi) is 4.72. The van der Waals surface area contributed by atoms with Crippen LogP contribution in [0, 0.1) is 12.8 Å². The van der Waals surface area contributed by atoms with E-state index < -0.39 is 0 Å². The maximum Gasteiger partial charge on any atom is 0.0315 e. The summed E-state index contributed by atoms with van der Waals surface area (Å²) in [6.45, 7) is 11.3. The average Bonchev–Trinajstić information content (AvgIpc) is 2.80. The van der Waals surface area contributed by atoms with Gasteiger partial charge >= 0.3 is 0 Å². The molecular formula is C15H25N3. The molecule has 0 spiro atoms. The molecular weight excluding hydrogens is 222 g/mol. The molecule has 0 aromatic carbocycles. The lowest BCUT2D eigenvalue weighted by Gasteiger charge is -2.20. The summed E-state index contributed by atoms with van der Waals surface area (Å²) < 4.78 is 0. The lowest BCUT2D eigenvalue weighted by molar-refractivity contribution is 0.264. The molecule has 1 aromatic rings. The van der Waals surface area contributed by atoms with Gasteiger partial charge < -0.3 is 10.2 Å². The predicted octanol–water partition coefficient (Wildman–Crippen LogP) is 2.21. The molecule has 3 heteroatoms. The fourth-order valence-electron chi connectivity index (χ4n) is 2.59. The summed E-state index contributed by atoms with van der Waals surface area (Å²) in [5.74, 6) is 0.810. The Labute approximate surface area is 111 Å². The number of hydrogen-bond acceptors (Lipinski definition) is 3. The van der Waals surface area contributed by atoms with E-state index in [1.165, 1.54) is 30.6 Å². The van der Waals surface area contributed by atoms with Crippen LogP contribution in [0.15, 0.2) is 18.5 Å². The van der Waals surface area contributed by atoms with Crippen LogP contribution in [0.25, 0.3) is 0 Å². The molecule has 18 heavy (non-hydrogen) atoms. The normalized spacial score (nSPS) is 20.8. The standard InChI is InChI=1S/C15H25N3/c1-12(2)18-7-5-14(11-18)8-17-10-15-9-16-6-4-13(15)3/h4,6,9,12,14,17H,5,7-8,10-11H2,1-3H3. The lowest BCUT2D eigenvalue weighted by atomic mass is 10.1. The van der Waals surface area contributed by atoms with Gasteiger partial charge in [-0.2, -0.15) is 0 Å². The Bertz CT molecular complexity index is 376. The first kappa shape index (κ1) is 13.5. The minimum Gasteiger partial charge on any atom is -0.312 e. The van der Waals surface area contributed by atoms with Crippen molar-refractivity contribution in [2.45, 2.75) is 39.8 Å². The van der Waals surface area contributed by atoms with Crippen LogP contribution in [0.3, 0.4) is 0 Å². The second kappa shape index (κ2) is 6.30. The van der Waals surface area contributed by atoms with Crippen molar-refractivity contribution >= 4 is 0 Å². The number of likely N-dealkylation sites (tertiary alicyclic amines) is 1. The van der Waals surface area contributed by atoms with Crippen LogP contribution in [0.2, 0.25) is 0 Å². The third kappa shape index (κ3) is 3.53. The molecule has 2 heterocycles. The van der Waals surface area contributed by atoms with Gasteiger partial charge in [-0.05, 0) is 63.4 Å². The van der Waals surface area contributed by atoms with Crippen LogP contribution < -0.4 is 5.32 Å². The molecule has 1 aliphatic rings. The van der Waals surface area contributed by atoms with Crippen LogP contribution >= 0.6 is 0 Å². The van der Waals surface area contributed by atoms with Crippen molar-refractivity contribution in [3.05, 3.63) is 29.6 Å². The topological polar surface area (TPSA) is 28.2 Å². The SMILES string of the molecule is Cc1ccncc1CNCC1CCN(C(C)C)C1. The summed E-state index contributed by atoms with van der Waals surface area (Å²) in [5.41, 5.74) is 2.64. The molecule has 1 unspecified atom stereocenters. The fraction of sp³-hybridized carbons (Fsp3) is 0.667. The first-order valence-electron chi connectivity index (χ1n) is 7.01. The highest BCUT2D eigenvalue weighted by molar-refractivity contribution is 5.20. The molecule has 0 amide bonds. The zero-order valence-electron chi connectivity index (χ0n) is 11.8. The quantitative estimate of drug-likeness (QED) is 0.864. The second-order valence-electron chi connectivity index (χ2n) is 5.68. The van der Waals surface area contributed by atoms with Crippen molar-refractivity contribution < 1.29 is 0 Å². The molecule has 3 nitrogen and oxygen atoms in total. The molecule has 1 fully saturated rings. The van der Waals surface area contributed by atoms with E-state index in [1.54, 1.807) is 0 Å². The van der Waals surface area contributed by atoms with Gasteiger partial charge in [0.25, 0.3) is 0 Å². The molecule has 1 saturated heterocycles. The van der Waals surface area contributed by atoms with Gasteiger partial charge in [0.15, 0.2) is 0 Å². The van der Waals surface area contributed by atoms with E-state index >= 15 is 0 Å². The van der Waals surface area contributed by atoms with E-state index in [4.69, 9.17) is 0 Å². The van der Waals surface area contributed by atoms with Crippen LogP contribution in [0.5, 0.6) is 0 Å². The minimum atomic E-state index is 0.690. The van der Waals surface area contributed by atoms with Gasteiger partial charge in [-0.25, -0.2) is 0 Å². The van der Waals surface area contributed by atoms with Gasteiger partial charge in [-0.15, -0.1) is 0 Å². The smallest absolute Gasteiger partial charge is 0.0315 e. The summed E-state index contributed by atoms with van der Waals surface area (Å²) in [7, 11) is 0. The van der Waals surface area contributed by atoms with Crippen molar-refractivity contribution in [3.8, 4) is 0 Å². The van der Waals surface area contributed by atoms with Gasteiger partial charge in [-0.3, -0.25) is 4.98 Å². The molecule has 2 rings (SSSR count). The molecule has 0 bridgehead atoms. The minimum absolute atomic E-state index is 0.690. The highest BCUT2D eigenvalue weighted by atomic mass is 15.2. The zero-order chi connectivity index (χ0) is 13.0. The molecule has 1 aliphatic heterocycles. The summed E-state index contributed by atoms with van der Waals surface area (Å²) in [6, 6.07) is 2.77. The third-order valence-electron chi connectivity index (χ3n) is 3.94. The molecule has 0 aliphatic carbocycles. The first-order chi connectivity index (χ1) is 8.66. The number of aromatic nitrogens is 1. The number of nitrogens with zero attached hydrogens (tertiary/aromatic N) is 2. The maximum atomic E-state index is 4.18. The van der Waals surface area contributed by atoms with Crippen LogP contribution in [0.1, 0.15) is 31.4 Å². The highest BCUT2D eigenvalue weighted by Crippen LogP contribution is 2.17. The van der Waals surface area contributed by atoms with Crippen molar-refractivity contribution in [1.29, 1.82) is 0 Å². The summed E-state index contributed by atoms with van der Waals surface area (Å²) in [6.07, 6.45) is 5.16. The van der Waals surface area contributed by atoms with Crippen LogP contribution in [-0.4, -0.2) is 35.6 Å². The van der Waals surface area contributed by atoms with Gasteiger partial charge in [0.1, 0.15) is 0 Å². The molecule has 100 valence electrons. The third-order valence-corrected chi connectivity index (χ3v) is 3.94. The fourth-order valence-corrected chi connectivity index (χ4v) is 2.59. The van der Waals surface area contributed by atoms with Gasteiger partial charge in [-0.1, -0.05) is 0 Å². The van der Waals surface area contributed by atoms with Gasteiger partial charge in [0.2, 0.25) is 0 Å². The Hall–Kier alpha value is -0.930. The van der Waals surface area contributed by atoms with Gasteiger partial charge in [0.05, 0.1) is 0 Å². The van der Waals surface area contributed by atoms with Crippen LogP contribution in [-0.2, 0) is 6.54 Å². The second-order valence-corrected chi connectivity index (χ2v) is 5.68. The largest absolute Gasteiger partial charge is 0.312 e. The lowest BCUT2D eigenvalue weighted by Crippen LogP contribution is -2.30. The summed E-state index contributed by atoms with van der Waals surface area (Å²) >= 11 is 0. The first-order valence-corrected chi connectivity index (χ1v) is 7.01. The van der Waals surface area contributed by atoms with E-state index in [9.17, 15) is 0 Å². The van der Waals surface area contributed by atoms with Crippen molar-refractivity contribution in [3.63, 3.8) is 0 Å². The average molecular weight is 247 g/mol. The van der Waals surface area contributed by atoms with Gasteiger partial charge in [0, 0.05) is 31.5 Å². The summed E-state index contributed by atoms with van der Waals surface area (Å²) in [4.78, 5) is 6.75. The van der Waals surface area contributed by atoms with E-state index in [2.05, 4.69) is 42.0 Å². The Morgan fingerprint density at radius 1 is 1.50 bits per heavy atom. The van der Waals surface area contributed by atoms with Crippen LogP contribution in [0.4, 0.5) is 0 Å². The van der Waals surface area contributed by atoms with Crippen molar-refractivity contribution in [1.82, 2.24) is 15.2 Å². The monoisotopic (exact) mass is 247 g/mol. The Morgan fingerprint density at radius 3 is 3.00 bits per heavy atom. The molecule has 1 aromatic heterocycles. The van der Waals surface area contributed by atoms with E-state index in [-0.39, 0.29) is 0 Å². The zero-order valence-corrected chi connectivity index (χ0v) is 11.8.